The zero-order valence-electron chi connectivity index (χ0n) is 16.5. The molecule has 2 N–H and O–H groups in total. The summed E-state index contributed by atoms with van der Waals surface area (Å²) < 4.78 is 25.1. The van der Waals surface area contributed by atoms with Crippen LogP contribution in [-0.2, 0) is 13.2 Å². The molecule has 0 aliphatic heterocycles. The summed E-state index contributed by atoms with van der Waals surface area (Å²) >= 11 is 6.04. The summed E-state index contributed by atoms with van der Waals surface area (Å²) in [5, 5.41) is 12.8. The van der Waals surface area contributed by atoms with Crippen LogP contribution in [0, 0.1) is 12.7 Å². The van der Waals surface area contributed by atoms with Gasteiger partial charge in [0.25, 0.3) is 0 Å². The maximum Gasteiger partial charge on any atom is 0.336 e. The predicted octanol–water partition coefficient (Wildman–Crippen LogP) is 5.69. The predicted molar refractivity (Wildman–Crippen MR) is 114 cm³/mol. The van der Waals surface area contributed by atoms with Crippen LogP contribution in [0.2, 0.25) is 5.02 Å². The maximum atomic E-state index is 13.9. The van der Waals surface area contributed by atoms with Gasteiger partial charge in [-0.3, -0.25) is 0 Å². The first-order chi connectivity index (χ1) is 14.4. The highest BCUT2D eigenvalue weighted by molar-refractivity contribution is 6.31. The third kappa shape index (κ3) is 4.83. The van der Waals surface area contributed by atoms with Crippen LogP contribution in [0.4, 0.5) is 10.1 Å². The fourth-order valence-electron chi connectivity index (χ4n) is 3.02. The topological polar surface area (TPSA) is 67.8 Å². The number of aromatic carboxylic acids is 1. The van der Waals surface area contributed by atoms with Crippen molar-refractivity contribution < 1.29 is 23.8 Å². The highest BCUT2D eigenvalue weighted by Crippen LogP contribution is 2.30. The summed E-state index contributed by atoms with van der Waals surface area (Å²) in [4.78, 5) is 11.3. The molecule has 7 heteroatoms. The first-order valence-corrected chi connectivity index (χ1v) is 9.58. The van der Waals surface area contributed by atoms with Crippen LogP contribution in [0.3, 0.4) is 0 Å². The third-order valence-corrected chi connectivity index (χ3v) is 5.06. The van der Waals surface area contributed by atoms with Crippen molar-refractivity contribution in [1.82, 2.24) is 0 Å². The highest BCUT2D eigenvalue weighted by Gasteiger charge is 2.12. The number of carbonyl (C=O) groups is 1. The standard InChI is InChI=1S/C23H21ClFNO4/c1-14-16(23(27)28)5-3-8-20(14)26-12-15-9-10-21(22(11-15)29-2)30-13-17-18(24)6-4-7-19(17)25/h3-11,26H,12-13H2,1-2H3,(H,27,28). The van der Waals surface area contributed by atoms with E-state index in [2.05, 4.69) is 5.32 Å². The molecule has 0 unspecified atom stereocenters. The quantitative estimate of drug-likeness (QED) is 0.481. The van der Waals surface area contributed by atoms with E-state index >= 15 is 0 Å². The van der Waals surface area contributed by atoms with Crippen molar-refractivity contribution in [3.63, 3.8) is 0 Å². The molecule has 0 radical (unpaired) electrons. The zero-order chi connectivity index (χ0) is 21.7. The van der Waals surface area contributed by atoms with Gasteiger partial charge in [0.2, 0.25) is 0 Å². The van der Waals surface area contributed by atoms with Gasteiger partial charge in [-0.2, -0.15) is 0 Å². The average molecular weight is 430 g/mol. The summed E-state index contributed by atoms with van der Waals surface area (Å²) in [5.74, 6) is -0.432. The average Bonchev–Trinajstić information content (AvgIpc) is 2.72. The van der Waals surface area contributed by atoms with E-state index in [4.69, 9.17) is 21.1 Å². The molecule has 156 valence electrons. The molecule has 3 aromatic rings. The van der Waals surface area contributed by atoms with E-state index in [-0.39, 0.29) is 17.7 Å². The van der Waals surface area contributed by atoms with Crippen LogP contribution in [0.15, 0.2) is 54.6 Å². The second kappa shape index (κ2) is 9.50. The summed E-state index contributed by atoms with van der Waals surface area (Å²) in [5.41, 5.74) is 2.85. The number of carboxylic acid groups (broad SMARTS) is 1. The number of ether oxygens (including phenoxy) is 2. The van der Waals surface area contributed by atoms with Gasteiger partial charge in [-0.15, -0.1) is 0 Å². The van der Waals surface area contributed by atoms with Crippen molar-refractivity contribution in [3.05, 3.63) is 87.7 Å². The largest absolute Gasteiger partial charge is 0.493 e. The molecule has 5 nitrogen and oxygen atoms in total. The normalized spacial score (nSPS) is 10.5. The van der Waals surface area contributed by atoms with Gasteiger partial charge >= 0.3 is 5.97 Å². The molecule has 0 aromatic heterocycles. The number of nitrogens with one attached hydrogen (secondary N) is 1. The Hall–Kier alpha value is -3.25. The second-order valence-electron chi connectivity index (χ2n) is 6.61. The van der Waals surface area contributed by atoms with E-state index in [1.54, 1.807) is 31.2 Å². The van der Waals surface area contributed by atoms with Crippen LogP contribution >= 0.6 is 11.6 Å². The molecule has 30 heavy (non-hydrogen) atoms. The Morgan fingerprint density at radius 2 is 1.90 bits per heavy atom. The van der Waals surface area contributed by atoms with Crippen molar-refractivity contribution in [2.75, 3.05) is 12.4 Å². The molecule has 0 amide bonds. The van der Waals surface area contributed by atoms with Gasteiger partial charge in [-0.1, -0.05) is 29.8 Å². The Kier molecular flexibility index (Phi) is 6.79. The van der Waals surface area contributed by atoms with Crippen LogP contribution in [0.5, 0.6) is 11.5 Å². The molecule has 0 bridgehead atoms. The Morgan fingerprint density at radius 1 is 1.13 bits per heavy atom. The summed E-state index contributed by atoms with van der Waals surface area (Å²) in [6.07, 6.45) is 0. The molecular weight excluding hydrogens is 409 g/mol. The number of halogens is 2. The lowest BCUT2D eigenvalue weighted by molar-refractivity contribution is 0.0696. The Morgan fingerprint density at radius 3 is 2.60 bits per heavy atom. The Balaban J connectivity index is 1.72. The number of methoxy groups -OCH3 is 1. The summed E-state index contributed by atoms with van der Waals surface area (Å²) in [7, 11) is 1.52. The first kappa shape index (κ1) is 21.5. The molecule has 0 saturated heterocycles. The smallest absolute Gasteiger partial charge is 0.336 e. The van der Waals surface area contributed by atoms with Crippen LogP contribution < -0.4 is 14.8 Å². The molecule has 0 aliphatic carbocycles. The number of hydrogen-bond donors (Lipinski definition) is 2. The van der Waals surface area contributed by atoms with Crippen LogP contribution in [-0.4, -0.2) is 18.2 Å². The molecule has 0 aliphatic rings. The first-order valence-electron chi connectivity index (χ1n) is 9.20. The van der Waals surface area contributed by atoms with E-state index in [0.29, 0.717) is 28.6 Å². The zero-order valence-corrected chi connectivity index (χ0v) is 17.3. The van der Waals surface area contributed by atoms with E-state index < -0.39 is 11.8 Å². The second-order valence-corrected chi connectivity index (χ2v) is 7.02. The lowest BCUT2D eigenvalue weighted by Crippen LogP contribution is -2.06. The fraction of sp³-hybridized carbons (Fsp3) is 0.174. The highest BCUT2D eigenvalue weighted by atomic mass is 35.5. The van der Waals surface area contributed by atoms with Crippen molar-refractivity contribution in [2.45, 2.75) is 20.1 Å². The molecule has 0 heterocycles. The van der Waals surface area contributed by atoms with Crippen molar-refractivity contribution in [1.29, 1.82) is 0 Å². The number of rotatable bonds is 8. The SMILES string of the molecule is COc1cc(CNc2cccc(C(=O)O)c2C)ccc1OCc1c(F)cccc1Cl. The molecule has 0 fully saturated rings. The molecular formula is C23H21ClFNO4. The van der Waals surface area contributed by atoms with Gasteiger partial charge in [0.15, 0.2) is 11.5 Å². The molecule has 0 saturated carbocycles. The minimum Gasteiger partial charge on any atom is -0.493 e. The monoisotopic (exact) mass is 429 g/mol. The number of hydrogen-bond acceptors (Lipinski definition) is 4. The van der Waals surface area contributed by atoms with Crippen LogP contribution in [0.25, 0.3) is 0 Å². The minimum absolute atomic E-state index is 0.0271. The molecule has 3 rings (SSSR count). The van der Waals surface area contributed by atoms with Gasteiger partial charge in [-0.25, -0.2) is 9.18 Å². The number of carboxylic acids is 1. The Bertz CT molecular complexity index is 1050. The summed E-state index contributed by atoms with van der Waals surface area (Å²) in [6, 6.07) is 15.0. The van der Waals surface area contributed by atoms with Crippen molar-refractivity contribution in [3.8, 4) is 11.5 Å². The van der Waals surface area contributed by atoms with Gasteiger partial charge < -0.3 is 19.9 Å². The van der Waals surface area contributed by atoms with E-state index in [0.717, 1.165) is 11.3 Å². The molecule has 0 spiro atoms. The van der Waals surface area contributed by atoms with Gasteiger partial charge in [0, 0.05) is 17.8 Å². The van der Waals surface area contributed by atoms with Gasteiger partial charge in [0.05, 0.1) is 17.7 Å². The van der Waals surface area contributed by atoms with E-state index in [1.807, 2.05) is 18.2 Å². The van der Waals surface area contributed by atoms with Crippen molar-refractivity contribution >= 4 is 23.3 Å². The van der Waals surface area contributed by atoms with E-state index in [9.17, 15) is 14.3 Å². The molecule has 0 atom stereocenters. The number of benzene rings is 3. The van der Waals surface area contributed by atoms with Crippen molar-refractivity contribution in [2.24, 2.45) is 0 Å². The number of anilines is 1. The van der Waals surface area contributed by atoms with Gasteiger partial charge in [-0.05, 0) is 54.4 Å². The summed E-state index contributed by atoms with van der Waals surface area (Å²) in [6.45, 7) is 2.19. The Labute approximate surface area is 179 Å². The van der Waals surface area contributed by atoms with Crippen LogP contribution in [0.1, 0.15) is 27.0 Å². The van der Waals surface area contributed by atoms with E-state index in [1.165, 1.54) is 19.2 Å². The lowest BCUT2D eigenvalue weighted by atomic mass is 10.1. The fourth-order valence-corrected chi connectivity index (χ4v) is 3.24. The van der Waals surface area contributed by atoms with Gasteiger partial charge in [0.1, 0.15) is 12.4 Å². The molecule has 3 aromatic carbocycles. The third-order valence-electron chi connectivity index (χ3n) is 4.71. The lowest BCUT2D eigenvalue weighted by Gasteiger charge is -2.15. The minimum atomic E-state index is -0.964. The maximum absolute atomic E-state index is 13.9.